The van der Waals surface area contributed by atoms with Crippen molar-refractivity contribution >= 4 is 17.7 Å². The molecule has 98 valence electrons. The zero-order chi connectivity index (χ0) is 12.3. The summed E-state index contributed by atoms with van der Waals surface area (Å²) < 4.78 is 0. The van der Waals surface area contributed by atoms with E-state index in [-0.39, 0.29) is 18.1 Å². The van der Waals surface area contributed by atoms with Gasteiger partial charge in [0.2, 0.25) is 5.91 Å². The number of rotatable bonds is 3. The number of hydrogen-bond acceptors (Lipinski definition) is 4. The normalized spacial score (nSPS) is 38.0. The third-order valence-corrected chi connectivity index (χ3v) is 4.93. The van der Waals surface area contributed by atoms with E-state index in [1.807, 2.05) is 11.8 Å². The minimum atomic E-state index is -0.367. The van der Waals surface area contributed by atoms with Gasteiger partial charge in [0.25, 0.3) is 0 Å². The third-order valence-electron chi connectivity index (χ3n) is 3.76. The van der Waals surface area contributed by atoms with Crippen LogP contribution in [0.4, 0.5) is 0 Å². The Morgan fingerprint density at radius 2 is 2.18 bits per heavy atom. The molecular formula is C12H22N2O2S. The Labute approximate surface area is 107 Å². The maximum atomic E-state index is 12.0. The van der Waals surface area contributed by atoms with Crippen LogP contribution in [0, 0.1) is 0 Å². The van der Waals surface area contributed by atoms with E-state index in [1.54, 1.807) is 0 Å². The highest BCUT2D eigenvalue weighted by molar-refractivity contribution is 7.99. The first-order chi connectivity index (χ1) is 8.20. The van der Waals surface area contributed by atoms with Gasteiger partial charge in [-0.15, -0.1) is 0 Å². The fourth-order valence-electron chi connectivity index (χ4n) is 2.74. The average molecular weight is 258 g/mol. The molecule has 1 aliphatic heterocycles. The first-order valence-corrected chi connectivity index (χ1v) is 7.74. The second-order valence-corrected chi connectivity index (χ2v) is 6.10. The Bertz CT molecular complexity index is 275. The molecule has 4 atom stereocenters. The molecule has 0 aromatic rings. The van der Waals surface area contributed by atoms with Crippen LogP contribution < -0.4 is 10.6 Å². The van der Waals surface area contributed by atoms with Gasteiger partial charge in [0, 0.05) is 17.8 Å². The van der Waals surface area contributed by atoms with E-state index in [1.165, 1.54) is 19.3 Å². The largest absolute Gasteiger partial charge is 0.392 e. The van der Waals surface area contributed by atoms with Crippen LogP contribution in [0.25, 0.3) is 0 Å². The average Bonchev–Trinajstić information content (AvgIpc) is 2.77. The van der Waals surface area contributed by atoms with Crippen molar-refractivity contribution in [2.24, 2.45) is 0 Å². The summed E-state index contributed by atoms with van der Waals surface area (Å²) in [6, 6.07) is 0.111. The number of carbonyl (C=O) groups is 1. The molecule has 0 spiro atoms. The molecule has 0 bridgehead atoms. The number of hydrogen-bond donors (Lipinski definition) is 3. The summed E-state index contributed by atoms with van der Waals surface area (Å²) in [6.07, 6.45) is 7.07. The first kappa shape index (κ1) is 13.2. The molecule has 2 fully saturated rings. The number of β-amino-alcohol motifs (C(OH)–C–C–N with tert-alkyl or cyclic N) is 1. The molecule has 1 saturated carbocycles. The quantitative estimate of drug-likeness (QED) is 0.690. The van der Waals surface area contributed by atoms with Crippen molar-refractivity contribution in [1.82, 2.24) is 10.6 Å². The Morgan fingerprint density at radius 3 is 2.82 bits per heavy atom. The van der Waals surface area contributed by atoms with Gasteiger partial charge in [-0.3, -0.25) is 4.79 Å². The van der Waals surface area contributed by atoms with Gasteiger partial charge >= 0.3 is 0 Å². The molecule has 17 heavy (non-hydrogen) atoms. The highest BCUT2D eigenvalue weighted by atomic mass is 32.2. The maximum absolute atomic E-state index is 12.0. The van der Waals surface area contributed by atoms with Crippen LogP contribution >= 0.6 is 11.8 Å². The molecule has 2 aliphatic rings. The van der Waals surface area contributed by atoms with Crippen molar-refractivity contribution < 1.29 is 9.90 Å². The Kier molecular flexibility index (Phi) is 4.70. The van der Waals surface area contributed by atoms with Gasteiger partial charge in [-0.05, 0) is 25.5 Å². The Morgan fingerprint density at radius 1 is 1.41 bits per heavy atom. The molecule has 0 radical (unpaired) electrons. The van der Waals surface area contributed by atoms with E-state index in [0.29, 0.717) is 24.3 Å². The predicted molar refractivity (Wildman–Crippen MR) is 70.1 cm³/mol. The lowest BCUT2D eigenvalue weighted by atomic mass is 9.94. The maximum Gasteiger partial charge on any atom is 0.237 e. The van der Waals surface area contributed by atoms with E-state index >= 15 is 0 Å². The van der Waals surface area contributed by atoms with Gasteiger partial charge in [-0.1, -0.05) is 12.8 Å². The molecular weight excluding hydrogens is 236 g/mol. The van der Waals surface area contributed by atoms with Crippen LogP contribution in [0.3, 0.4) is 0 Å². The lowest BCUT2D eigenvalue weighted by Crippen LogP contribution is -2.49. The van der Waals surface area contributed by atoms with Crippen LogP contribution in [-0.4, -0.2) is 47.3 Å². The van der Waals surface area contributed by atoms with E-state index in [9.17, 15) is 9.90 Å². The highest BCUT2D eigenvalue weighted by Gasteiger charge is 2.32. The molecule has 5 heteroatoms. The molecule has 0 aromatic heterocycles. The van der Waals surface area contributed by atoms with Gasteiger partial charge in [0.15, 0.2) is 0 Å². The predicted octanol–water partition coefficient (Wildman–Crippen LogP) is 0.500. The van der Waals surface area contributed by atoms with Gasteiger partial charge in [0.05, 0.1) is 12.1 Å². The molecule has 3 N–H and O–H groups in total. The van der Waals surface area contributed by atoms with Crippen molar-refractivity contribution in [2.75, 3.05) is 12.8 Å². The summed E-state index contributed by atoms with van der Waals surface area (Å²) in [4.78, 5) is 12.0. The zero-order valence-electron chi connectivity index (χ0n) is 10.3. The third kappa shape index (κ3) is 3.36. The minimum absolute atomic E-state index is 0.0625. The zero-order valence-corrected chi connectivity index (χ0v) is 11.1. The molecule has 1 aliphatic carbocycles. The SMILES string of the molecule is CSC1CCCCC1NC(=O)C1CC(O)CN1. The number of aliphatic hydroxyl groups excluding tert-OH is 1. The number of thioether (sulfide) groups is 1. The summed E-state index contributed by atoms with van der Waals surface area (Å²) in [6.45, 7) is 0.536. The second-order valence-electron chi connectivity index (χ2n) is 5.02. The van der Waals surface area contributed by atoms with Crippen LogP contribution in [0.2, 0.25) is 0 Å². The van der Waals surface area contributed by atoms with Crippen LogP contribution in [-0.2, 0) is 4.79 Å². The molecule has 1 amide bonds. The fourth-order valence-corrected chi connectivity index (χ4v) is 3.68. The van der Waals surface area contributed by atoms with Gasteiger partial charge in [-0.2, -0.15) is 11.8 Å². The molecule has 1 heterocycles. The monoisotopic (exact) mass is 258 g/mol. The van der Waals surface area contributed by atoms with Crippen molar-refractivity contribution in [3.63, 3.8) is 0 Å². The molecule has 0 aromatic carbocycles. The summed E-state index contributed by atoms with van der Waals surface area (Å²) >= 11 is 1.85. The van der Waals surface area contributed by atoms with Gasteiger partial charge in [-0.25, -0.2) is 0 Å². The number of carbonyl (C=O) groups excluding carboxylic acids is 1. The topological polar surface area (TPSA) is 61.4 Å². The van der Waals surface area contributed by atoms with Crippen LogP contribution in [0.15, 0.2) is 0 Å². The Balaban J connectivity index is 1.84. The van der Waals surface area contributed by atoms with E-state index in [2.05, 4.69) is 16.9 Å². The summed E-state index contributed by atoms with van der Waals surface area (Å²) in [5, 5.41) is 16.2. The van der Waals surface area contributed by atoms with Crippen molar-refractivity contribution in [1.29, 1.82) is 0 Å². The fraction of sp³-hybridized carbons (Fsp3) is 0.917. The van der Waals surface area contributed by atoms with E-state index < -0.39 is 0 Å². The summed E-state index contributed by atoms with van der Waals surface area (Å²) in [7, 11) is 0. The second kappa shape index (κ2) is 6.07. The molecule has 2 rings (SSSR count). The standard InChI is InChI=1S/C12H22N2O2S/c1-17-11-5-3-2-4-9(11)14-12(16)10-6-8(15)7-13-10/h8-11,13,15H,2-7H2,1H3,(H,14,16). The highest BCUT2D eigenvalue weighted by Crippen LogP contribution is 2.27. The molecule has 1 saturated heterocycles. The van der Waals surface area contributed by atoms with Gasteiger partial charge < -0.3 is 15.7 Å². The number of amides is 1. The number of aliphatic hydroxyl groups is 1. The molecule has 4 nitrogen and oxygen atoms in total. The number of nitrogens with one attached hydrogen (secondary N) is 2. The smallest absolute Gasteiger partial charge is 0.237 e. The van der Waals surface area contributed by atoms with Crippen molar-refractivity contribution in [3.8, 4) is 0 Å². The molecule has 4 unspecified atom stereocenters. The first-order valence-electron chi connectivity index (χ1n) is 6.45. The van der Waals surface area contributed by atoms with Crippen molar-refractivity contribution in [2.45, 2.75) is 55.5 Å². The van der Waals surface area contributed by atoms with Crippen LogP contribution in [0.5, 0.6) is 0 Å². The van der Waals surface area contributed by atoms with E-state index in [4.69, 9.17) is 0 Å². The Hall–Kier alpha value is -0.260. The van der Waals surface area contributed by atoms with Gasteiger partial charge in [0.1, 0.15) is 0 Å². The summed E-state index contributed by atoms with van der Waals surface area (Å²) in [5.74, 6) is 0.0625. The minimum Gasteiger partial charge on any atom is -0.392 e. The van der Waals surface area contributed by atoms with Crippen molar-refractivity contribution in [3.05, 3.63) is 0 Å². The lowest BCUT2D eigenvalue weighted by molar-refractivity contribution is -0.123. The summed E-state index contributed by atoms with van der Waals surface area (Å²) in [5.41, 5.74) is 0. The van der Waals surface area contributed by atoms with Crippen LogP contribution in [0.1, 0.15) is 32.1 Å². The lowest BCUT2D eigenvalue weighted by Gasteiger charge is -2.31. The van der Waals surface area contributed by atoms with E-state index in [0.717, 1.165) is 6.42 Å².